The third-order valence-electron chi connectivity index (χ3n) is 5.61. The summed E-state index contributed by atoms with van der Waals surface area (Å²) in [7, 11) is 0. The highest BCUT2D eigenvalue weighted by molar-refractivity contribution is 5.98. The molecule has 1 aliphatic rings. The van der Waals surface area contributed by atoms with Crippen LogP contribution in [-0.4, -0.2) is 37.4 Å². The first-order valence-corrected chi connectivity index (χ1v) is 10.6. The van der Waals surface area contributed by atoms with Crippen LogP contribution >= 0.6 is 0 Å². The fourth-order valence-electron chi connectivity index (χ4n) is 4.04. The van der Waals surface area contributed by atoms with Crippen molar-refractivity contribution < 1.29 is 9.53 Å². The smallest absolute Gasteiger partial charge is 0.237 e. The van der Waals surface area contributed by atoms with Crippen molar-refractivity contribution in [2.24, 2.45) is 0 Å². The van der Waals surface area contributed by atoms with Crippen molar-refractivity contribution in [3.63, 3.8) is 0 Å². The number of aryl methyl sites for hydroxylation is 1. The Balaban J connectivity index is 1.55. The summed E-state index contributed by atoms with van der Waals surface area (Å²) in [5, 5.41) is 3.01. The first-order valence-electron chi connectivity index (χ1n) is 10.6. The van der Waals surface area contributed by atoms with Gasteiger partial charge in [-0.15, -0.1) is 0 Å². The van der Waals surface area contributed by atoms with Gasteiger partial charge in [-0.25, -0.2) is 19.9 Å². The monoisotopic (exact) mass is 418 g/mol. The summed E-state index contributed by atoms with van der Waals surface area (Å²) in [6.45, 7) is 4.27. The Morgan fingerprint density at radius 1 is 1.06 bits per heavy atom. The van der Waals surface area contributed by atoms with Crippen molar-refractivity contribution in [3.8, 4) is 17.1 Å². The van der Waals surface area contributed by atoms with E-state index in [0.717, 1.165) is 43.4 Å². The van der Waals surface area contributed by atoms with E-state index in [1.54, 1.807) is 30.9 Å². The molecular weight excluding hydrogens is 392 g/mol. The molecule has 1 fully saturated rings. The van der Waals surface area contributed by atoms with Gasteiger partial charge in [0.15, 0.2) is 0 Å². The molecule has 0 spiro atoms. The van der Waals surface area contributed by atoms with Gasteiger partial charge in [-0.1, -0.05) is 19.3 Å². The van der Waals surface area contributed by atoms with Gasteiger partial charge in [0, 0.05) is 18.0 Å². The van der Waals surface area contributed by atoms with Crippen LogP contribution in [0.2, 0.25) is 0 Å². The predicted molar refractivity (Wildman–Crippen MR) is 117 cm³/mol. The quantitative estimate of drug-likeness (QED) is 0.648. The van der Waals surface area contributed by atoms with Crippen LogP contribution < -0.4 is 10.1 Å². The Bertz CT molecular complexity index is 1050. The highest BCUT2D eigenvalue weighted by atomic mass is 16.5. The Hall–Kier alpha value is -3.42. The first-order chi connectivity index (χ1) is 15.1. The number of rotatable bonds is 6. The summed E-state index contributed by atoms with van der Waals surface area (Å²) in [4.78, 5) is 35.2. The molecule has 0 aromatic carbocycles. The Morgan fingerprint density at radius 3 is 2.61 bits per heavy atom. The Labute approximate surface area is 181 Å². The van der Waals surface area contributed by atoms with Crippen LogP contribution in [0.4, 0.5) is 5.82 Å². The summed E-state index contributed by atoms with van der Waals surface area (Å²) in [5.41, 5.74) is 1.60. The topological polar surface area (TPSA) is 103 Å². The average molecular weight is 419 g/mol. The van der Waals surface area contributed by atoms with Crippen molar-refractivity contribution in [1.82, 2.24) is 24.9 Å². The first kappa shape index (κ1) is 20.8. The molecule has 0 atom stereocenters. The molecule has 0 radical (unpaired) electrons. The number of amides is 1. The molecule has 3 aromatic heterocycles. The number of anilines is 1. The van der Waals surface area contributed by atoms with Crippen molar-refractivity contribution in [3.05, 3.63) is 54.5 Å². The normalized spacial score (nSPS) is 15.3. The minimum Gasteiger partial charge on any atom is -0.477 e. The number of aromatic nitrogens is 5. The van der Waals surface area contributed by atoms with Gasteiger partial charge in [-0.3, -0.25) is 9.78 Å². The lowest BCUT2D eigenvalue weighted by Crippen LogP contribution is -2.43. The lowest BCUT2D eigenvalue weighted by molar-refractivity contribution is -0.123. The van der Waals surface area contributed by atoms with Gasteiger partial charge < -0.3 is 10.1 Å². The van der Waals surface area contributed by atoms with E-state index in [9.17, 15) is 4.79 Å². The number of hydrogen-bond donors (Lipinski definition) is 1. The van der Waals surface area contributed by atoms with E-state index in [-0.39, 0.29) is 5.91 Å². The molecule has 4 rings (SSSR count). The van der Waals surface area contributed by atoms with Crippen LogP contribution in [0.5, 0.6) is 5.88 Å². The van der Waals surface area contributed by atoms with Crippen molar-refractivity contribution >= 4 is 11.7 Å². The second-order valence-corrected chi connectivity index (χ2v) is 7.69. The fraction of sp³-hybridized carbons (Fsp3) is 0.391. The van der Waals surface area contributed by atoms with Crippen LogP contribution in [-0.2, 0) is 10.2 Å². The predicted octanol–water partition coefficient (Wildman–Crippen LogP) is 3.88. The molecule has 160 valence electrons. The highest BCUT2D eigenvalue weighted by Gasteiger charge is 2.42. The number of nitrogens with one attached hydrogen (secondary N) is 1. The number of carbonyl (C=O) groups is 1. The molecule has 0 saturated heterocycles. The number of hydrogen-bond acceptors (Lipinski definition) is 7. The fourth-order valence-corrected chi connectivity index (χ4v) is 4.04. The van der Waals surface area contributed by atoms with E-state index >= 15 is 0 Å². The van der Waals surface area contributed by atoms with E-state index in [1.807, 2.05) is 26.0 Å². The third kappa shape index (κ3) is 4.52. The molecular formula is C23H26N6O2. The zero-order chi connectivity index (χ0) is 21.7. The SMILES string of the molecule is CCOc1cncc(-c2ccc(NC(=O)C3(c4ccnc(C)n4)CCCCC3)nc2)n1. The molecule has 0 bridgehead atoms. The molecule has 8 nitrogen and oxygen atoms in total. The molecule has 3 aromatic rings. The zero-order valence-corrected chi connectivity index (χ0v) is 17.8. The van der Waals surface area contributed by atoms with Gasteiger partial charge in [0.2, 0.25) is 11.8 Å². The average Bonchev–Trinajstić information content (AvgIpc) is 2.80. The van der Waals surface area contributed by atoms with Gasteiger partial charge in [-0.05, 0) is 44.9 Å². The summed E-state index contributed by atoms with van der Waals surface area (Å²) in [6, 6.07) is 5.51. The van der Waals surface area contributed by atoms with E-state index < -0.39 is 5.41 Å². The summed E-state index contributed by atoms with van der Waals surface area (Å²) in [5.74, 6) is 1.58. The van der Waals surface area contributed by atoms with Crippen LogP contribution in [0.3, 0.4) is 0 Å². The third-order valence-corrected chi connectivity index (χ3v) is 5.61. The lowest BCUT2D eigenvalue weighted by Gasteiger charge is -2.35. The van der Waals surface area contributed by atoms with Crippen molar-refractivity contribution in [1.29, 1.82) is 0 Å². The number of pyridine rings is 1. The maximum absolute atomic E-state index is 13.4. The highest BCUT2D eigenvalue weighted by Crippen LogP contribution is 2.39. The molecule has 3 heterocycles. The van der Waals surface area contributed by atoms with Crippen molar-refractivity contribution in [2.75, 3.05) is 11.9 Å². The van der Waals surface area contributed by atoms with Gasteiger partial charge in [-0.2, -0.15) is 0 Å². The second kappa shape index (κ2) is 9.16. The van der Waals surface area contributed by atoms with E-state index in [1.165, 1.54) is 0 Å². The largest absolute Gasteiger partial charge is 0.477 e. The second-order valence-electron chi connectivity index (χ2n) is 7.69. The summed E-state index contributed by atoms with van der Waals surface area (Å²) in [6.07, 6.45) is 11.3. The summed E-state index contributed by atoms with van der Waals surface area (Å²) < 4.78 is 5.41. The van der Waals surface area contributed by atoms with E-state index in [0.29, 0.717) is 29.8 Å². The van der Waals surface area contributed by atoms with Crippen LogP contribution in [0.15, 0.2) is 43.0 Å². The maximum Gasteiger partial charge on any atom is 0.237 e. The van der Waals surface area contributed by atoms with Crippen LogP contribution in [0.25, 0.3) is 11.3 Å². The minimum absolute atomic E-state index is 0.0660. The van der Waals surface area contributed by atoms with Crippen LogP contribution in [0, 0.1) is 6.92 Å². The van der Waals surface area contributed by atoms with Gasteiger partial charge in [0.1, 0.15) is 11.6 Å². The molecule has 8 heteroatoms. The van der Waals surface area contributed by atoms with E-state index in [4.69, 9.17) is 4.74 Å². The molecule has 0 unspecified atom stereocenters. The zero-order valence-electron chi connectivity index (χ0n) is 17.8. The molecule has 1 amide bonds. The summed E-state index contributed by atoms with van der Waals surface area (Å²) >= 11 is 0. The van der Waals surface area contributed by atoms with Gasteiger partial charge in [0.25, 0.3) is 0 Å². The number of nitrogens with zero attached hydrogens (tertiary/aromatic N) is 5. The molecule has 1 saturated carbocycles. The minimum atomic E-state index is -0.649. The van der Waals surface area contributed by atoms with E-state index in [2.05, 4.69) is 30.2 Å². The Kier molecular flexibility index (Phi) is 6.16. The lowest BCUT2D eigenvalue weighted by atomic mass is 9.71. The molecule has 31 heavy (non-hydrogen) atoms. The van der Waals surface area contributed by atoms with Crippen molar-refractivity contribution in [2.45, 2.75) is 51.4 Å². The molecule has 1 N–H and O–H groups in total. The van der Waals surface area contributed by atoms with Gasteiger partial charge >= 0.3 is 0 Å². The maximum atomic E-state index is 13.4. The standard InChI is InChI=1S/C23H26N6O2/c1-3-31-21-15-24-14-18(28-21)17-7-8-20(26-13-17)29-22(30)23(10-5-4-6-11-23)19-9-12-25-16(2)27-19/h7-9,12-15H,3-6,10-11H2,1-2H3,(H,26,29,30). The van der Waals surface area contributed by atoms with Gasteiger partial charge in [0.05, 0.1) is 35.8 Å². The van der Waals surface area contributed by atoms with Crippen LogP contribution in [0.1, 0.15) is 50.5 Å². The Morgan fingerprint density at radius 2 is 1.90 bits per heavy atom. The molecule has 1 aliphatic carbocycles. The number of carbonyl (C=O) groups excluding carboxylic acids is 1. The number of ether oxygens (including phenoxy) is 1. The molecule has 0 aliphatic heterocycles.